The number of ether oxygens (including phenoxy) is 1. The summed E-state index contributed by atoms with van der Waals surface area (Å²) in [6.45, 7) is -3.15. The van der Waals surface area contributed by atoms with Gasteiger partial charge in [0.05, 0.1) is 18.1 Å². The molecule has 0 saturated carbocycles. The van der Waals surface area contributed by atoms with Crippen molar-refractivity contribution in [3.8, 4) is 0 Å². The van der Waals surface area contributed by atoms with E-state index in [1.165, 1.54) is 4.90 Å². The topological polar surface area (TPSA) is 52.6 Å². The molecule has 0 bridgehead atoms. The standard InChI is InChI=1S/C12H11F4NO3/c13-6-1-2-8(9(14)3-6)10(11(18)19)17-4-7(5-17)20-12(15)16/h1-3,7,10,12H,4-5H2,(H,18,19)/p-1. The van der Waals surface area contributed by atoms with Crippen molar-refractivity contribution >= 4 is 5.97 Å². The molecule has 0 amide bonds. The third-order valence-electron chi connectivity index (χ3n) is 3.02. The van der Waals surface area contributed by atoms with Crippen molar-refractivity contribution in [2.45, 2.75) is 18.8 Å². The van der Waals surface area contributed by atoms with Gasteiger partial charge >= 0.3 is 6.61 Å². The summed E-state index contributed by atoms with van der Waals surface area (Å²) in [5, 5.41) is 11.1. The summed E-state index contributed by atoms with van der Waals surface area (Å²) < 4.78 is 54.5. The molecule has 0 aliphatic carbocycles. The lowest BCUT2D eigenvalue weighted by Crippen LogP contribution is -2.57. The van der Waals surface area contributed by atoms with Crippen LogP contribution in [0.15, 0.2) is 18.2 Å². The molecular weight excluding hydrogens is 282 g/mol. The Morgan fingerprint density at radius 3 is 2.50 bits per heavy atom. The zero-order valence-electron chi connectivity index (χ0n) is 10.1. The molecule has 0 spiro atoms. The average molecular weight is 292 g/mol. The fourth-order valence-electron chi connectivity index (χ4n) is 2.11. The molecule has 8 heteroatoms. The van der Waals surface area contributed by atoms with Crippen LogP contribution < -0.4 is 5.11 Å². The molecule has 0 N–H and O–H groups in total. The summed E-state index contributed by atoms with van der Waals surface area (Å²) in [7, 11) is 0. The molecule has 1 unspecified atom stereocenters. The SMILES string of the molecule is O=C([O-])C(c1ccc(F)cc1F)N1CC(OC(F)F)C1. The molecular formula is C12H10F4NO3-. The van der Waals surface area contributed by atoms with Gasteiger partial charge in [0.25, 0.3) is 0 Å². The third-order valence-corrected chi connectivity index (χ3v) is 3.02. The van der Waals surface area contributed by atoms with Crippen LogP contribution in [-0.4, -0.2) is 36.7 Å². The first-order valence-electron chi connectivity index (χ1n) is 5.72. The molecule has 0 aromatic heterocycles. The van der Waals surface area contributed by atoms with Crippen molar-refractivity contribution in [3.63, 3.8) is 0 Å². The lowest BCUT2D eigenvalue weighted by atomic mass is 10.00. The molecule has 1 saturated heterocycles. The van der Waals surface area contributed by atoms with Gasteiger partial charge in [0, 0.05) is 24.7 Å². The van der Waals surface area contributed by atoms with Crippen LogP contribution >= 0.6 is 0 Å². The largest absolute Gasteiger partial charge is 0.548 e. The summed E-state index contributed by atoms with van der Waals surface area (Å²) >= 11 is 0. The highest BCUT2D eigenvalue weighted by atomic mass is 19.3. The highest BCUT2D eigenvalue weighted by Gasteiger charge is 2.37. The van der Waals surface area contributed by atoms with E-state index in [1.54, 1.807) is 0 Å². The van der Waals surface area contributed by atoms with Crippen LogP contribution in [-0.2, 0) is 9.53 Å². The first-order chi connectivity index (χ1) is 9.38. The number of carboxylic acids is 1. The number of carbonyl (C=O) groups is 1. The maximum Gasteiger partial charge on any atom is 0.345 e. The molecule has 1 fully saturated rings. The van der Waals surface area contributed by atoms with E-state index in [0.717, 1.165) is 12.1 Å². The van der Waals surface area contributed by atoms with Crippen molar-refractivity contribution in [1.82, 2.24) is 4.90 Å². The van der Waals surface area contributed by atoms with Crippen molar-refractivity contribution in [2.24, 2.45) is 0 Å². The number of carbonyl (C=O) groups excluding carboxylic acids is 1. The van der Waals surface area contributed by atoms with Crippen LogP contribution in [0.5, 0.6) is 0 Å². The number of carboxylic acid groups (broad SMARTS) is 1. The second-order valence-corrected chi connectivity index (χ2v) is 4.36. The monoisotopic (exact) mass is 292 g/mol. The Hall–Kier alpha value is -1.67. The number of rotatable bonds is 5. The normalized spacial score (nSPS) is 18.1. The molecule has 1 aliphatic heterocycles. The van der Waals surface area contributed by atoms with E-state index in [0.29, 0.717) is 6.07 Å². The van der Waals surface area contributed by atoms with Gasteiger partial charge in [0.1, 0.15) is 11.6 Å². The number of hydrogen-bond acceptors (Lipinski definition) is 4. The lowest BCUT2D eigenvalue weighted by molar-refractivity contribution is -0.315. The smallest absolute Gasteiger partial charge is 0.345 e. The number of halogens is 4. The number of hydrogen-bond donors (Lipinski definition) is 0. The molecule has 1 aromatic rings. The summed E-state index contributed by atoms with van der Waals surface area (Å²) in [6, 6.07) is 0.999. The predicted molar refractivity (Wildman–Crippen MR) is 56.6 cm³/mol. The van der Waals surface area contributed by atoms with Crippen molar-refractivity contribution in [3.05, 3.63) is 35.4 Å². The molecule has 20 heavy (non-hydrogen) atoms. The van der Waals surface area contributed by atoms with E-state index in [4.69, 9.17) is 0 Å². The number of nitrogens with zero attached hydrogens (tertiary/aromatic N) is 1. The van der Waals surface area contributed by atoms with Gasteiger partial charge in [0.15, 0.2) is 0 Å². The second kappa shape index (κ2) is 5.76. The van der Waals surface area contributed by atoms with Crippen LogP contribution in [0, 0.1) is 11.6 Å². The molecule has 1 aliphatic rings. The minimum absolute atomic E-state index is 0.0974. The van der Waals surface area contributed by atoms with E-state index < -0.39 is 36.4 Å². The van der Waals surface area contributed by atoms with Crippen LogP contribution in [0.1, 0.15) is 11.6 Å². The van der Waals surface area contributed by atoms with Gasteiger partial charge in [-0.3, -0.25) is 4.90 Å². The Balaban J connectivity index is 2.11. The Labute approximate surface area is 111 Å². The van der Waals surface area contributed by atoms with E-state index in [-0.39, 0.29) is 18.7 Å². The first kappa shape index (κ1) is 14.7. The van der Waals surface area contributed by atoms with Gasteiger partial charge < -0.3 is 14.6 Å². The molecule has 2 rings (SSSR count). The van der Waals surface area contributed by atoms with Gasteiger partial charge in [-0.1, -0.05) is 6.07 Å². The number of aliphatic carboxylic acids is 1. The van der Waals surface area contributed by atoms with E-state index in [1.807, 2.05) is 0 Å². The zero-order chi connectivity index (χ0) is 14.9. The molecule has 1 aromatic carbocycles. The summed E-state index contributed by atoms with van der Waals surface area (Å²) in [5.41, 5.74) is -0.276. The van der Waals surface area contributed by atoms with E-state index in [2.05, 4.69) is 4.74 Å². The Morgan fingerprint density at radius 2 is 2.00 bits per heavy atom. The van der Waals surface area contributed by atoms with Gasteiger partial charge in [-0.15, -0.1) is 0 Å². The third kappa shape index (κ3) is 3.07. The number of likely N-dealkylation sites (tertiary alicyclic amines) is 1. The van der Waals surface area contributed by atoms with Crippen molar-refractivity contribution in [1.29, 1.82) is 0 Å². The molecule has 0 radical (unpaired) electrons. The number of benzene rings is 1. The first-order valence-corrected chi connectivity index (χ1v) is 5.72. The fourth-order valence-corrected chi connectivity index (χ4v) is 2.11. The van der Waals surface area contributed by atoms with Crippen molar-refractivity contribution < 1.29 is 32.2 Å². The second-order valence-electron chi connectivity index (χ2n) is 4.36. The zero-order valence-corrected chi connectivity index (χ0v) is 10.1. The van der Waals surface area contributed by atoms with Crippen LogP contribution in [0.4, 0.5) is 17.6 Å². The maximum atomic E-state index is 13.6. The summed E-state index contributed by atoms with van der Waals surface area (Å²) in [4.78, 5) is 12.3. The predicted octanol–water partition coefficient (Wildman–Crippen LogP) is 0.679. The van der Waals surface area contributed by atoms with Crippen LogP contribution in [0.2, 0.25) is 0 Å². The van der Waals surface area contributed by atoms with Crippen molar-refractivity contribution in [2.75, 3.05) is 13.1 Å². The minimum Gasteiger partial charge on any atom is -0.548 e. The molecule has 1 heterocycles. The average Bonchev–Trinajstić information content (AvgIpc) is 2.27. The molecule has 110 valence electrons. The van der Waals surface area contributed by atoms with Crippen LogP contribution in [0.25, 0.3) is 0 Å². The molecule has 4 nitrogen and oxygen atoms in total. The fraction of sp³-hybridized carbons (Fsp3) is 0.417. The Bertz CT molecular complexity index is 505. The Kier molecular flexibility index (Phi) is 4.24. The van der Waals surface area contributed by atoms with Gasteiger partial charge in [0.2, 0.25) is 0 Å². The quantitative estimate of drug-likeness (QED) is 0.749. The summed E-state index contributed by atoms with van der Waals surface area (Å²) in [6.07, 6.45) is -0.819. The highest BCUT2D eigenvalue weighted by Crippen LogP contribution is 2.29. The lowest BCUT2D eigenvalue weighted by Gasteiger charge is -2.44. The van der Waals surface area contributed by atoms with E-state index >= 15 is 0 Å². The highest BCUT2D eigenvalue weighted by molar-refractivity contribution is 5.73. The van der Waals surface area contributed by atoms with Gasteiger partial charge in [-0.25, -0.2) is 8.78 Å². The minimum atomic E-state index is -2.95. The summed E-state index contributed by atoms with van der Waals surface area (Å²) in [5.74, 6) is -3.46. The van der Waals surface area contributed by atoms with Crippen LogP contribution in [0.3, 0.4) is 0 Å². The van der Waals surface area contributed by atoms with Gasteiger partial charge in [-0.2, -0.15) is 8.78 Å². The number of alkyl halides is 2. The maximum absolute atomic E-state index is 13.6. The Morgan fingerprint density at radius 1 is 1.35 bits per heavy atom. The molecule has 1 atom stereocenters. The van der Waals surface area contributed by atoms with Gasteiger partial charge in [-0.05, 0) is 6.07 Å². The van der Waals surface area contributed by atoms with E-state index in [9.17, 15) is 27.5 Å².